The highest BCUT2D eigenvalue weighted by molar-refractivity contribution is 6.12. The van der Waals surface area contributed by atoms with Crippen molar-refractivity contribution in [3.05, 3.63) is 89.9 Å². The van der Waals surface area contributed by atoms with E-state index < -0.39 is 70.9 Å². The molecule has 5 rings (SSSR count). The standard InChI is InChI=1S/C58H81F3N6O16/c1-41(82-42(2)68)54(71)67(38-44-37-65(39-48(44)61)56(73)83-57(3,4)5)52(53-63-49(46-35-45(59)13-14-47(46)60)40-64(53)36-43-11-9-8-10-12-43)58(6,7)17-20-81-55(72)62-18-21-74-23-25-76-27-29-78-31-33-80-34-32-79-30-28-77-26-24-75-22-19-66-50(69)15-16-51(66)70/h8-16,35,40-41,44,48,52H,17-34,36-39H2,1-7H3,(H,62,72)/t41-,44-,48-,52-/m0/s1. The highest BCUT2D eigenvalue weighted by Gasteiger charge is 2.47. The van der Waals surface area contributed by atoms with Crippen LogP contribution in [0.25, 0.3) is 11.3 Å². The number of esters is 1. The maximum absolute atomic E-state index is 16.3. The van der Waals surface area contributed by atoms with Gasteiger partial charge in [0.2, 0.25) is 0 Å². The Morgan fingerprint density at radius 1 is 0.747 bits per heavy atom. The van der Waals surface area contributed by atoms with Crippen molar-refractivity contribution in [3.8, 4) is 11.3 Å². The van der Waals surface area contributed by atoms with Gasteiger partial charge >= 0.3 is 18.2 Å². The summed E-state index contributed by atoms with van der Waals surface area (Å²) < 4.78 is 103. The van der Waals surface area contributed by atoms with Gasteiger partial charge in [-0.2, -0.15) is 0 Å². The second kappa shape index (κ2) is 34.3. The Kier molecular flexibility index (Phi) is 27.8. The lowest BCUT2D eigenvalue weighted by atomic mass is 9.79. The number of likely N-dealkylation sites (tertiary alicyclic amines) is 1. The Labute approximate surface area is 483 Å². The number of aromatic nitrogens is 2. The first kappa shape index (κ1) is 67.3. The quantitative estimate of drug-likeness (QED) is 0.0298. The first-order chi connectivity index (χ1) is 39.6. The summed E-state index contributed by atoms with van der Waals surface area (Å²) in [6, 6.07) is 11.0. The highest BCUT2D eigenvalue weighted by Crippen LogP contribution is 2.44. The average molecular weight is 1180 g/mol. The molecular weight excluding hydrogens is 1090 g/mol. The highest BCUT2D eigenvalue weighted by atomic mass is 19.1. The molecule has 1 aromatic heterocycles. The molecule has 460 valence electrons. The van der Waals surface area contributed by atoms with Gasteiger partial charge in [0.15, 0.2) is 6.10 Å². The zero-order chi connectivity index (χ0) is 60.4. The summed E-state index contributed by atoms with van der Waals surface area (Å²) in [5, 5.41) is 2.65. The van der Waals surface area contributed by atoms with Gasteiger partial charge in [0.25, 0.3) is 17.7 Å². The fourth-order valence-electron chi connectivity index (χ4n) is 8.93. The molecule has 2 aliphatic rings. The smallest absolute Gasteiger partial charge is 0.410 e. The van der Waals surface area contributed by atoms with Crippen LogP contribution >= 0.6 is 0 Å². The van der Waals surface area contributed by atoms with E-state index in [0.29, 0.717) is 66.1 Å². The molecule has 25 heteroatoms. The van der Waals surface area contributed by atoms with Crippen molar-refractivity contribution in [3.63, 3.8) is 0 Å². The van der Waals surface area contributed by atoms with Crippen LogP contribution in [0.3, 0.4) is 0 Å². The van der Waals surface area contributed by atoms with Gasteiger partial charge in [-0.25, -0.2) is 27.7 Å². The fraction of sp³-hybridized carbons (Fsp3) is 0.603. The zero-order valence-corrected chi connectivity index (χ0v) is 48.6. The third-order valence-corrected chi connectivity index (χ3v) is 13.0. The number of rotatable bonds is 37. The molecule has 0 saturated carbocycles. The molecule has 0 radical (unpaired) electrons. The van der Waals surface area contributed by atoms with Crippen LogP contribution in [0, 0.1) is 23.0 Å². The molecule has 3 heterocycles. The number of nitrogens with one attached hydrogen (secondary N) is 1. The molecule has 1 fully saturated rings. The number of carbonyl (C=O) groups excluding carboxylic acids is 6. The van der Waals surface area contributed by atoms with Crippen molar-refractivity contribution >= 4 is 35.9 Å². The first-order valence-electron chi connectivity index (χ1n) is 27.8. The summed E-state index contributed by atoms with van der Waals surface area (Å²) in [4.78, 5) is 85.1. The molecule has 22 nitrogen and oxygen atoms in total. The number of alkyl carbamates (subject to hydrolysis) is 1. The summed E-state index contributed by atoms with van der Waals surface area (Å²) in [6.45, 7) is 15.3. The predicted octanol–water partition coefficient (Wildman–Crippen LogP) is 6.09. The third kappa shape index (κ3) is 23.2. The number of hydrogen-bond acceptors (Lipinski definition) is 17. The molecule has 83 heavy (non-hydrogen) atoms. The summed E-state index contributed by atoms with van der Waals surface area (Å²) in [5.41, 5.74) is -1.32. The van der Waals surface area contributed by atoms with Gasteiger partial charge in [-0.1, -0.05) is 44.2 Å². The molecular formula is C58H81F3N6O16. The van der Waals surface area contributed by atoms with Crippen LogP contribution in [-0.2, 0) is 73.1 Å². The number of ether oxygens (including phenoxy) is 10. The lowest BCUT2D eigenvalue weighted by Gasteiger charge is -2.43. The molecule has 5 amide bonds. The van der Waals surface area contributed by atoms with E-state index in [-0.39, 0.29) is 108 Å². The van der Waals surface area contributed by atoms with E-state index in [9.17, 15) is 33.2 Å². The zero-order valence-electron chi connectivity index (χ0n) is 48.6. The van der Waals surface area contributed by atoms with E-state index in [1.807, 2.05) is 30.3 Å². The predicted molar refractivity (Wildman–Crippen MR) is 294 cm³/mol. The van der Waals surface area contributed by atoms with E-state index >= 15 is 8.78 Å². The molecule has 0 unspecified atom stereocenters. The number of hydrogen-bond donors (Lipinski definition) is 1. The van der Waals surface area contributed by atoms with E-state index in [1.54, 1.807) is 45.4 Å². The van der Waals surface area contributed by atoms with E-state index in [4.69, 9.17) is 52.4 Å². The van der Waals surface area contributed by atoms with Gasteiger partial charge in [-0.15, -0.1) is 0 Å². The van der Waals surface area contributed by atoms with Crippen LogP contribution in [0.15, 0.2) is 66.9 Å². The molecule has 0 bridgehead atoms. The molecule has 2 aromatic carbocycles. The fourth-order valence-corrected chi connectivity index (χ4v) is 8.93. The monoisotopic (exact) mass is 1170 g/mol. The minimum Gasteiger partial charge on any atom is -0.453 e. The Morgan fingerprint density at radius 3 is 1.86 bits per heavy atom. The molecule has 1 N–H and O–H groups in total. The van der Waals surface area contributed by atoms with E-state index in [0.717, 1.165) is 35.6 Å². The summed E-state index contributed by atoms with van der Waals surface area (Å²) in [7, 11) is 0. The number of alkyl halides is 1. The van der Waals surface area contributed by atoms with Gasteiger partial charge in [-0.05, 0) is 63.3 Å². The van der Waals surface area contributed by atoms with Crippen molar-refractivity contribution in [1.82, 2.24) is 29.6 Å². The maximum Gasteiger partial charge on any atom is 0.410 e. The molecule has 0 aliphatic carbocycles. The third-order valence-electron chi connectivity index (χ3n) is 13.0. The van der Waals surface area contributed by atoms with Crippen LogP contribution < -0.4 is 5.32 Å². The molecule has 0 spiro atoms. The number of carbonyl (C=O) groups is 6. The molecule has 4 atom stereocenters. The van der Waals surface area contributed by atoms with Gasteiger partial charge < -0.3 is 67.1 Å². The number of imide groups is 1. The lowest BCUT2D eigenvalue weighted by molar-refractivity contribution is -0.161. The molecule has 1 saturated heterocycles. The van der Waals surface area contributed by atoms with Gasteiger partial charge in [0, 0.05) is 62.9 Å². The second-order valence-corrected chi connectivity index (χ2v) is 21.3. The van der Waals surface area contributed by atoms with Crippen molar-refractivity contribution in [2.75, 3.05) is 132 Å². The normalized spacial score (nSPS) is 16.1. The Bertz CT molecular complexity index is 2550. The van der Waals surface area contributed by atoms with Gasteiger partial charge in [-0.3, -0.25) is 24.1 Å². The largest absolute Gasteiger partial charge is 0.453 e. The number of halogens is 3. The van der Waals surface area contributed by atoms with Crippen molar-refractivity contribution in [1.29, 1.82) is 0 Å². The van der Waals surface area contributed by atoms with Crippen LogP contribution in [0.4, 0.5) is 22.8 Å². The number of nitrogens with zero attached hydrogens (tertiary/aromatic N) is 5. The van der Waals surface area contributed by atoms with Crippen molar-refractivity contribution in [2.45, 2.75) is 85.4 Å². The Hall–Kier alpha value is -6.48. The second-order valence-electron chi connectivity index (χ2n) is 21.3. The van der Waals surface area contributed by atoms with Gasteiger partial charge in [0.1, 0.15) is 29.2 Å². The summed E-state index contributed by atoms with van der Waals surface area (Å²) in [6.07, 6.45) is -0.408. The summed E-state index contributed by atoms with van der Waals surface area (Å²) >= 11 is 0. The first-order valence-corrected chi connectivity index (χ1v) is 27.8. The topological polar surface area (TPSA) is 234 Å². The van der Waals surface area contributed by atoms with Crippen LogP contribution in [0.1, 0.15) is 72.3 Å². The SMILES string of the molecule is CC(=O)O[C@@H](C)C(=O)N(C[C@@H]1CN(C(=O)OC(C)(C)C)C[C@@H]1F)[C@@H](c1nc(-c2cc(F)ccc2F)cn1Cc1ccccc1)C(C)(C)CCOC(=O)NCCOCCOCCOCCOCCOCCOCCOCCN1C(=O)C=CC1=O. The van der Waals surface area contributed by atoms with Crippen molar-refractivity contribution < 1.29 is 89.3 Å². The molecule has 3 aromatic rings. The van der Waals surface area contributed by atoms with Crippen LogP contribution in [0.2, 0.25) is 0 Å². The van der Waals surface area contributed by atoms with Crippen LogP contribution in [0.5, 0.6) is 0 Å². The number of benzene rings is 2. The minimum absolute atomic E-state index is 0.0379. The Balaban J connectivity index is 1.09. The van der Waals surface area contributed by atoms with E-state index in [2.05, 4.69) is 5.32 Å². The molecule has 2 aliphatic heterocycles. The van der Waals surface area contributed by atoms with Crippen molar-refractivity contribution in [2.24, 2.45) is 11.3 Å². The minimum atomic E-state index is -1.62. The van der Waals surface area contributed by atoms with Gasteiger partial charge in [0.05, 0.1) is 124 Å². The average Bonchev–Trinajstić information content (AvgIpc) is 3.03. The lowest BCUT2D eigenvalue weighted by Crippen LogP contribution is -2.50. The maximum atomic E-state index is 16.3. The van der Waals surface area contributed by atoms with Crippen LogP contribution in [-0.4, -0.2) is 210 Å². The number of amides is 5. The Morgan fingerprint density at radius 2 is 1.30 bits per heavy atom. The van der Waals surface area contributed by atoms with E-state index in [1.165, 1.54) is 28.9 Å². The summed E-state index contributed by atoms with van der Waals surface area (Å²) in [5.74, 6) is -4.40. The number of imidazole rings is 1.